The van der Waals surface area contributed by atoms with E-state index in [4.69, 9.17) is 9.47 Å². The lowest BCUT2D eigenvalue weighted by atomic mass is 10.4. The second kappa shape index (κ2) is 6.68. The summed E-state index contributed by atoms with van der Waals surface area (Å²) in [6.07, 6.45) is 0.990. The molecule has 2 aromatic rings. The molecule has 19 heavy (non-hydrogen) atoms. The van der Waals surface area contributed by atoms with Gasteiger partial charge in [-0.05, 0) is 24.8 Å². The molecule has 1 unspecified atom stereocenters. The van der Waals surface area contributed by atoms with Gasteiger partial charge in [-0.25, -0.2) is 4.98 Å². The Labute approximate surface area is 117 Å². The van der Waals surface area contributed by atoms with Crippen molar-refractivity contribution in [3.63, 3.8) is 0 Å². The van der Waals surface area contributed by atoms with Crippen LogP contribution in [0.15, 0.2) is 11.4 Å². The summed E-state index contributed by atoms with van der Waals surface area (Å²) in [5, 5.41) is 6.15. The minimum Gasteiger partial charge on any atom is -0.472 e. The standard InChI is InChI=1S/C13H19N3O2S/c1-4-6-14-13-15-11(18-9(2)8-17-3)10-5-7-19-12(10)16-13/h5,7,9H,4,6,8H2,1-3H3,(H,14,15,16). The predicted molar refractivity (Wildman–Crippen MR) is 78.2 cm³/mol. The molecule has 104 valence electrons. The van der Waals surface area contributed by atoms with Crippen LogP contribution in [0.2, 0.25) is 0 Å². The average Bonchev–Trinajstić information content (AvgIpc) is 2.85. The van der Waals surface area contributed by atoms with Crippen LogP contribution in [0.1, 0.15) is 20.3 Å². The molecule has 0 radical (unpaired) electrons. The maximum atomic E-state index is 5.84. The third kappa shape index (κ3) is 3.54. The molecule has 6 heteroatoms. The van der Waals surface area contributed by atoms with Gasteiger partial charge in [0.05, 0.1) is 12.0 Å². The Kier molecular flexibility index (Phi) is 4.93. The summed E-state index contributed by atoms with van der Waals surface area (Å²) in [4.78, 5) is 9.85. The van der Waals surface area contributed by atoms with Crippen LogP contribution in [0, 0.1) is 0 Å². The van der Waals surface area contributed by atoms with Crippen molar-refractivity contribution in [1.29, 1.82) is 0 Å². The molecule has 0 amide bonds. The van der Waals surface area contributed by atoms with E-state index in [1.54, 1.807) is 18.4 Å². The number of thiophene rings is 1. The van der Waals surface area contributed by atoms with Crippen molar-refractivity contribution in [3.05, 3.63) is 11.4 Å². The molecule has 2 heterocycles. The minimum atomic E-state index is -0.0398. The van der Waals surface area contributed by atoms with Gasteiger partial charge in [0.1, 0.15) is 10.9 Å². The van der Waals surface area contributed by atoms with E-state index >= 15 is 0 Å². The van der Waals surface area contributed by atoms with E-state index in [1.807, 2.05) is 18.4 Å². The Bertz CT molecular complexity index is 530. The fraction of sp³-hybridized carbons (Fsp3) is 0.538. The number of aromatic nitrogens is 2. The van der Waals surface area contributed by atoms with Crippen LogP contribution in [0.25, 0.3) is 10.2 Å². The fourth-order valence-corrected chi connectivity index (χ4v) is 2.45. The highest BCUT2D eigenvalue weighted by Gasteiger charge is 2.12. The number of anilines is 1. The van der Waals surface area contributed by atoms with Gasteiger partial charge in [0, 0.05) is 13.7 Å². The van der Waals surface area contributed by atoms with Gasteiger partial charge in [-0.15, -0.1) is 11.3 Å². The van der Waals surface area contributed by atoms with Crippen molar-refractivity contribution in [2.75, 3.05) is 25.6 Å². The summed E-state index contributed by atoms with van der Waals surface area (Å²) in [5.74, 6) is 1.24. The Balaban J connectivity index is 2.25. The van der Waals surface area contributed by atoms with E-state index in [0.29, 0.717) is 18.4 Å². The fourth-order valence-electron chi connectivity index (χ4n) is 1.69. The number of ether oxygens (including phenoxy) is 2. The molecule has 2 rings (SSSR count). The summed E-state index contributed by atoms with van der Waals surface area (Å²) in [5.41, 5.74) is 0. The molecule has 1 N–H and O–H groups in total. The molecule has 0 saturated heterocycles. The summed E-state index contributed by atoms with van der Waals surface area (Å²) >= 11 is 1.59. The third-order valence-electron chi connectivity index (χ3n) is 2.54. The zero-order valence-electron chi connectivity index (χ0n) is 11.5. The zero-order valence-corrected chi connectivity index (χ0v) is 12.3. The van der Waals surface area contributed by atoms with Gasteiger partial charge in [0.25, 0.3) is 0 Å². The Morgan fingerprint density at radius 1 is 1.42 bits per heavy atom. The quantitative estimate of drug-likeness (QED) is 0.845. The number of nitrogens with one attached hydrogen (secondary N) is 1. The lowest BCUT2D eigenvalue weighted by molar-refractivity contribution is 0.0902. The number of nitrogens with zero attached hydrogens (tertiary/aromatic N) is 2. The smallest absolute Gasteiger partial charge is 0.227 e. The van der Waals surface area contributed by atoms with Crippen molar-refractivity contribution >= 4 is 27.5 Å². The van der Waals surface area contributed by atoms with Crippen LogP contribution in [0.3, 0.4) is 0 Å². The van der Waals surface area contributed by atoms with Crippen LogP contribution < -0.4 is 10.1 Å². The number of rotatable bonds is 7. The summed E-state index contributed by atoms with van der Waals surface area (Å²) in [6.45, 7) is 5.45. The van der Waals surface area contributed by atoms with E-state index in [1.165, 1.54) is 0 Å². The zero-order chi connectivity index (χ0) is 13.7. The number of methoxy groups -OCH3 is 1. The van der Waals surface area contributed by atoms with Crippen LogP contribution in [-0.2, 0) is 4.74 Å². The third-order valence-corrected chi connectivity index (χ3v) is 3.34. The molecule has 0 bridgehead atoms. The number of hydrogen-bond acceptors (Lipinski definition) is 6. The first-order valence-corrected chi connectivity index (χ1v) is 7.27. The molecule has 0 aromatic carbocycles. The molecular formula is C13H19N3O2S. The molecule has 0 aliphatic rings. The normalized spacial score (nSPS) is 12.6. The first kappa shape index (κ1) is 14.0. The molecule has 0 aliphatic carbocycles. The summed E-state index contributed by atoms with van der Waals surface area (Å²) in [7, 11) is 1.66. The first-order valence-electron chi connectivity index (χ1n) is 6.39. The molecule has 1 atom stereocenters. The van der Waals surface area contributed by atoms with E-state index in [2.05, 4.69) is 22.2 Å². The number of fused-ring (bicyclic) bond motifs is 1. The van der Waals surface area contributed by atoms with E-state index < -0.39 is 0 Å². The highest BCUT2D eigenvalue weighted by atomic mass is 32.1. The van der Waals surface area contributed by atoms with E-state index in [0.717, 1.165) is 23.2 Å². The van der Waals surface area contributed by atoms with Gasteiger partial charge < -0.3 is 14.8 Å². The van der Waals surface area contributed by atoms with Gasteiger partial charge in [-0.2, -0.15) is 4.98 Å². The molecular weight excluding hydrogens is 262 g/mol. The summed E-state index contributed by atoms with van der Waals surface area (Å²) in [6, 6.07) is 1.98. The van der Waals surface area contributed by atoms with Crippen LogP contribution in [0.4, 0.5) is 5.95 Å². The Hall–Kier alpha value is -1.40. The highest BCUT2D eigenvalue weighted by Crippen LogP contribution is 2.28. The second-order valence-electron chi connectivity index (χ2n) is 4.30. The predicted octanol–water partition coefficient (Wildman–Crippen LogP) is 2.93. The van der Waals surface area contributed by atoms with Gasteiger partial charge in [0.2, 0.25) is 11.8 Å². The van der Waals surface area contributed by atoms with Gasteiger partial charge >= 0.3 is 0 Å². The van der Waals surface area contributed by atoms with Crippen molar-refractivity contribution in [1.82, 2.24) is 9.97 Å². The average molecular weight is 281 g/mol. The molecule has 2 aromatic heterocycles. The van der Waals surface area contributed by atoms with Crippen molar-refractivity contribution < 1.29 is 9.47 Å². The van der Waals surface area contributed by atoms with E-state index in [9.17, 15) is 0 Å². The maximum Gasteiger partial charge on any atom is 0.227 e. The lowest BCUT2D eigenvalue weighted by Gasteiger charge is -2.14. The molecule has 0 fully saturated rings. The van der Waals surface area contributed by atoms with Gasteiger partial charge in [-0.3, -0.25) is 0 Å². The largest absolute Gasteiger partial charge is 0.472 e. The van der Waals surface area contributed by atoms with Crippen molar-refractivity contribution in [3.8, 4) is 5.88 Å². The van der Waals surface area contributed by atoms with E-state index in [-0.39, 0.29) is 6.10 Å². The van der Waals surface area contributed by atoms with Crippen LogP contribution >= 0.6 is 11.3 Å². The maximum absolute atomic E-state index is 5.84. The van der Waals surface area contributed by atoms with Gasteiger partial charge in [0.15, 0.2) is 0 Å². The lowest BCUT2D eigenvalue weighted by Crippen LogP contribution is -2.19. The molecule has 0 spiro atoms. The first-order chi connectivity index (χ1) is 9.24. The molecule has 0 aliphatic heterocycles. The summed E-state index contributed by atoms with van der Waals surface area (Å²) < 4.78 is 10.9. The monoisotopic (exact) mass is 281 g/mol. The molecule has 5 nitrogen and oxygen atoms in total. The molecule has 0 saturated carbocycles. The van der Waals surface area contributed by atoms with Gasteiger partial charge in [-0.1, -0.05) is 6.92 Å². The number of hydrogen-bond donors (Lipinski definition) is 1. The SMILES string of the molecule is CCCNc1nc(OC(C)COC)c2ccsc2n1. The Morgan fingerprint density at radius 2 is 2.26 bits per heavy atom. The minimum absolute atomic E-state index is 0.0398. The van der Waals surface area contributed by atoms with Crippen molar-refractivity contribution in [2.45, 2.75) is 26.4 Å². The topological polar surface area (TPSA) is 56.3 Å². The van der Waals surface area contributed by atoms with Crippen LogP contribution in [0.5, 0.6) is 5.88 Å². The highest BCUT2D eigenvalue weighted by molar-refractivity contribution is 7.16. The second-order valence-corrected chi connectivity index (χ2v) is 5.20. The van der Waals surface area contributed by atoms with Crippen LogP contribution in [-0.4, -0.2) is 36.3 Å². The Morgan fingerprint density at radius 3 is 3.00 bits per heavy atom. The van der Waals surface area contributed by atoms with Crippen molar-refractivity contribution in [2.24, 2.45) is 0 Å².